The van der Waals surface area contributed by atoms with Gasteiger partial charge < -0.3 is 30.1 Å². The van der Waals surface area contributed by atoms with Crippen LogP contribution in [0.15, 0.2) is 66.3 Å². The average Bonchev–Trinajstić information content (AvgIpc) is 3.07. The number of hydrogen-bond donors (Lipinski definition) is 3. The van der Waals surface area contributed by atoms with Crippen LogP contribution in [0.2, 0.25) is 0 Å². The summed E-state index contributed by atoms with van der Waals surface area (Å²) in [6, 6.07) is 9.95. The molecule has 47 heavy (non-hydrogen) atoms. The average molecular weight is 650 g/mol. The van der Waals surface area contributed by atoms with Crippen molar-refractivity contribution in [1.82, 2.24) is 15.5 Å². The van der Waals surface area contributed by atoms with Crippen LogP contribution in [0.4, 0.5) is 9.59 Å². The second-order valence-corrected chi connectivity index (χ2v) is 13.4. The van der Waals surface area contributed by atoms with Crippen LogP contribution in [0.3, 0.4) is 0 Å². The highest BCUT2D eigenvalue weighted by Gasteiger charge is 2.38. The van der Waals surface area contributed by atoms with Gasteiger partial charge in [0.2, 0.25) is 0 Å². The number of aliphatic hydroxyl groups is 1. The Morgan fingerprint density at radius 1 is 0.894 bits per heavy atom. The largest absolute Gasteiger partial charge is 0.450 e. The molecule has 258 valence electrons. The smallest absolute Gasteiger partial charge is 0.407 e. The monoisotopic (exact) mass is 649 g/mol. The normalized spacial score (nSPS) is 24.7. The summed E-state index contributed by atoms with van der Waals surface area (Å²) in [4.78, 5) is 39.7. The molecule has 0 radical (unpaired) electrons. The number of rotatable bonds is 16. The number of nitrogens with one attached hydrogen (secondary N) is 2. The quantitative estimate of drug-likeness (QED) is 0.149. The van der Waals surface area contributed by atoms with Gasteiger partial charge in [-0.25, -0.2) is 9.59 Å². The summed E-state index contributed by atoms with van der Waals surface area (Å²) in [5, 5.41) is 15.1. The fourth-order valence-corrected chi connectivity index (χ4v) is 7.25. The number of Topliss-reactive ketones (excluding diaryl/α,β-unsaturated/α-hetero) is 1. The molecule has 0 spiro atoms. The lowest BCUT2D eigenvalue weighted by Crippen LogP contribution is -2.42. The summed E-state index contributed by atoms with van der Waals surface area (Å²) >= 11 is 0. The molecule has 1 saturated carbocycles. The number of hydrogen-bond acceptors (Lipinski definition) is 7. The highest BCUT2D eigenvalue weighted by Crippen LogP contribution is 2.44. The highest BCUT2D eigenvalue weighted by atomic mass is 16.6. The minimum atomic E-state index is -0.377. The number of ketones is 1. The predicted octanol–water partition coefficient (Wildman–Crippen LogP) is 5.99. The van der Waals surface area contributed by atoms with Crippen LogP contribution >= 0.6 is 0 Å². The van der Waals surface area contributed by atoms with E-state index >= 15 is 0 Å². The minimum Gasteiger partial charge on any atom is -0.450 e. The molecule has 1 fully saturated rings. The van der Waals surface area contributed by atoms with E-state index in [1.165, 1.54) is 0 Å². The first kappa shape index (κ1) is 36.4. The third kappa shape index (κ3) is 12.0. The topological polar surface area (TPSA) is 117 Å². The lowest BCUT2D eigenvalue weighted by atomic mass is 9.64. The highest BCUT2D eigenvalue weighted by molar-refractivity contribution is 5.99. The number of likely N-dealkylation sites (N-methyl/N-ethyl adjacent to an activating group) is 1. The standard InChI is InChI=1S/C38H55N3O6/c1-3-4-25-46-37(44)39-33-18-14-31(15-19-33)36(30-12-10-29(11-13-30)35(43)27-28-8-6-5-7-9-28)32-16-20-34(21-17-32)40-38(45)47-26-23-41(2)22-24-42/h5-12,14,18,30-34,36,42H,3-4,13,15-17,19-27H2,1-2H3,(H,39,44)(H,40,45). The fraction of sp³-hybridized carbons (Fsp3) is 0.605. The lowest BCUT2D eigenvalue weighted by molar-refractivity contribution is -0.114. The van der Waals surface area contributed by atoms with Crippen molar-refractivity contribution in [3.8, 4) is 0 Å². The summed E-state index contributed by atoms with van der Waals surface area (Å²) in [6.45, 7) is 4.01. The number of alkyl carbamates (subject to hydrolysis) is 2. The summed E-state index contributed by atoms with van der Waals surface area (Å²) < 4.78 is 10.7. The van der Waals surface area contributed by atoms with Gasteiger partial charge >= 0.3 is 12.2 Å². The summed E-state index contributed by atoms with van der Waals surface area (Å²) in [6.07, 6.45) is 18.9. The molecule has 0 aliphatic heterocycles. The van der Waals surface area contributed by atoms with E-state index in [-0.39, 0.29) is 43.3 Å². The van der Waals surface area contributed by atoms with E-state index < -0.39 is 0 Å². The Labute approximate surface area is 280 Å². The number of ether oxygens (including phenoxy) is 2. The molecule has 4 unspecified atom stereocenters. The van der Waals surface area contributed by atoms with Crippen molar-refractivity contribution in [3.05, 3.63) is 71.8 Å². The maximum absolute atomic E-state index is 13.1. The first-order valence-corrected chi connectivity index (χ1v) is 17.7. The van der Waals surface area contributed by atoms with Crippen molar-refractivity contribution in [3.63, 3.8) is 0 Å². The van der Waals surface area contributed by atoms with Gasteiger partial charge in [0.05, 0.1) is 19.3 Å². The van der Waals surface area contributed by atoms with Gasteiger partial charge in [-0.2, -0.15) is 0 Å². The number of amides is 2. The first-order chi connectivity index (χ1) is 22.9. The number of allylic oxidation sites excluding steroid dienone is 5. The number of benzene rings is 1. The molecule has 1 aromatic carbocycles. The van der Waals surface area contributed by atoms with Gasteiger partial charge in [-0.05, 0) is 87.6 Å². The van der Waals surface area contributed by atoms with Crippen molar-refractivity contribution in [2.24, 2.45) is 23.7 Å². The van der Waals surface area contributed by atoms with Gasteiger partial charge in [0.25, 0.3) is 0 Å². The number of carbonyl (C=O) groups excluding carboxylic acids is 3. The minimum absolute atomic E-state index is 0.0283. The van der Waals surface area contributed by atoms with Gasteiger partial charge in [-0.15, -0.1) is 0 Å². The summed E-state index contributed by atoms with van der Waals surface area (Å²) in [5.74, 6) is 1.72. The van der Waals surface area contributed by atoms with Crippen LogP contribution in [-0.4, -0.2) is 80.0 Å². The molecular formula is C38H55N3O6. The van der Waals surface area contributed by atoms with E-state index in [1.807, 2.05) is 48.4 Å². The predicted molar refractivity (Wildman–Crippen MR) is 184 cm³/mol. The molecule has 0 bridgehead atoms. The number of carbonyl (C=O) groups is 3. The SMILES string of the molecule is CCCCOC(=O)NC1C=CC(C(C2C=CC(C(=O)Cc3ccccc3)=CC2)C2CCC(NC(=O)OCCN(C)CCO)CC2)CC1. The van der Waals surface area contributed by atoms with Gasteiger partial charge in [-0.1, -0.05) is 74.1 Å². The van der Waals surface area contributed by atoms with Crippen LogP contribution in [0.1, 0.15) is 70.3 Å². The Morgan fingerprint density at radius 3 is 2.30 bits per heavy atom. The molecule has 3 aliphatic rings. The first-order valence-electron chi connectivity index (χ1n) is 17.7. The molecule has 4 rings (SSSR count). The Hall–Kier alpha value is -3.43. The van der Waals surface area contributed by atoms with Crippen molar-refractivity contribution in [2.45, 2.75) is 83.2 Å². The molecular weight excluding hydrogens is 594 g/mol. The van der Waals surface area contributed by atoms with Crippen LogP contribution in [0, 0.1) is 23.7 Å². The van der Waals surface area contributed by atoms with Crippen molar-refractivity contribution < 1.29 is 29.0 Å². The zero-order chi connectivity index (χ0) is 33.4. The van der Waals surface area contributed by atoms with Crippen LogP contribution < -0.4 is 10.6 Å². The Bertz CT molecular complexity index is 1220. The molecule has 3 aliphatic carbocycles. The third-order valence-corrected chi connectivity index (χ3v) is 9.91. The van der Waals surface area contributed by atoms with E-state index in [2.05, 4.69) is 41.9 Å². The molecule has 0 heterocycles. The van der Waals surface area contributed by atoms with Crippen LogP contribution in [0.5, 0.6) is 0 Å². The fourth-order valence-electron chi connectivity index (χ4n) is 7.25. The van der Waals surface area contributed by atoms with Crippen molar-refractivity contribution in [1.29, 1.82) is 0 Å². The second-order valence-electron chi connectivity index (χ2n) is 13.4. The molecule has 9 nitrogen and oxygen atoms in total. The van der Waals surface area contributed by atoms with Crippen LogP contribution in [0.25, 0.3) is 0 Å². The van der Waals surface area contributed by atoms with Crippen molar-refractivity contribution >= 4 is 18.0 Å². The lowest BCUT2D eigenvalue weighted by Gasteiger charge is -2.42. The van der Waals surface area contributed by atoms with E-state index in [9.17, 15) is 14.4 Å². The summed E-state index contributed by atoms with van der Waals surface area (Å²) in [7, 11) is 1.89. The molecule has 0 aromatic heterocycles. The maximum atomic E-state index is 13.1. The third-order valence-electron chi connectivity index (χ3n) is 9.91. The molecule has 9 heteroatoms. The van der Waals surface area contributed by atoms with Gasteiger partial charge in [0, 0.05) is 31.1 Å². The van der Waals surface area contributed by atoms with E-state index in [0.717, 1.165) is 68.9 Å². The Balaban J connectivity index is 1.35. The zero-order valence-electron chi connectivity index (χ0n) is 28.3. The van der Waals surface area contributed by atoms with Crippen molar-refractivity contribution in [2.75, 3.05) is 40.0 Å². The van der Waals surface area contributed by atoms with Crippen LogP contribution in [-0.2, 0) is 20.7 Å². The zero-order valence-corrected chi connectivity index (χ0v) is 28.3. The number of unbranched alkanes of at least 4 members (excludes halogenated alkanes) is 1. The second kappa shape index (κ2) is 19.4. The Morgan fingerprint density at radius 2 is 1.64 bits per heavy atom. The molecule has 3 N–H and O–H groups in total. The summed E-state index contributed by atoms with van der Waals surface area (Å²) in [5.41, 5.74) is 1.82. The van der Waals surface area contributed by atoms with Gasteiger partial charge in [0.15, 0.2) is 5.78 Å². The van der Waals surface area contributed by atoms with Gasteiger partial charge in [-0.3, -0.25) is 4.79 Å². The number of nitrogens with zero attached hydrogens (tertiary/aromatic N) is 1. The number of aliphatic hydroxyl groups excluding tert-OH is 1. The Kier molecular flexibility index (Phi) is 15.0. The van der Waals surface area contributed by atoms with Gasteiger partial charge in [0.1, 0.15) is 6.61 Å². The molecule has 0 saturated heterocycles. The maximum Gasteiger partial charge on any atom is 0.407 e. The molecule has 2 amide bonds. The van der Waals surface area contributed by atoms with E-state index in [1.54, 1.807) is 0 Å². The molecule has 4 atom stereocenters. The van der Waals surface area contributed by atoms with E-state index in [0.29, 0.717) is 49.8 Å². The molecule has 1 aromatic rings. The van der Waals surface area contributed by atoms with E-state index in [4.69, 9.17) is 14.6 Å².